The molecule has 1 heterocycles. The Morgan fingerprint density at radius 3 is 2.82 bits per heavy atom. The number of hydrogen-bond acceptors (Lipinski definition) is 4. The van der Waals surface area contributed by atoms with E-state index >= 15 is 0 Å². The monoisotopic (exact) mass is 357 g/mol. The molecule has 0 fully saturated rings. The van der Waals surface area contributed by atoms with Gasteiger partial charge in [-0.2, -0.15) is 0 Å². The smallest absolute Gasteiger partial charge is 0.347 e. The maximum atomic E-state index is 11.9. The molecular formula is C17H12BrNO3. The normalized spacial score (nSPS) is 11.2. The molecule has 2 aromatic carbocycles. The summed E-state index contributed by atoms with van der Waals surface area (Å²) in [7, 11) is 1.61. The largest absolute Gasteiger partial charge is 0.496 e. The molecule has 22 heavy (non-hydrogen) atoms. The van der Waals surface area contributed by atoms with Crippen LogP contribution in [0.25, 0.3) is 23.1 Å². The van der Waals surface area contributed by atoms with Crippen molar-refractivity contribution in [2.24, 2.45) is 0 Å². The Morgan fingerprint density at radius 2 is 2.00 bits per heavy atom. The zero-order valence-corrected chi connectivity index (χ0v) is 13.3. The lowest BCUT2D eigenvalue weighted by molar-refractivity contribution is 0.414. The molecule has 5 heteroatoms. The van der Waals surface area contributed by atoms with Crippen molar-refractivity contribution in [3.8, 4) is 5.75 Å². The van der Waals surface area contributed by atoms with Gasteiger partial charge in [0.25, 0.3) is 0 Å². The fraction of sp³-hybridized carbons (Fsp3) is 0.0588. The van der Waals surface area contributed by atoms with Gasteiger partial charge in [0.2, 0.25) is 5.89 Å². The second-order valence-corrected chi connectivity index (χ2v) is 5.49. The average Bonchev–Trinajstić information content (AvgIpc) is 2.53. The van der Waals surface area contributed by atoms with Gasteiger partial charge in [-0.3, -0.25) is 0 Å². The maximum absolute atomic E-state index is 11.9. The summed E-state index contributed by atoms with van der Waals surface area (Å²) in [6.07, 6.45) is 3.45. The standard InChI is InChI=1S/C17H12BrNO3/c1-21-15-8-7-12(18)10-11(15)6-9-16-19-14-5-3-2-4-13(14)17(20)22-16/h2-10H,1H3/b9-6-. The average molecular weight is 358 g/mol. The molecule has 0 atom stereocenters. The Kier molecular flexibility index (Phi) is 4.06. The first kappa shape index (κ1) is 14.5. The van der Waals surface area contributed by atoms with Gasteiger partial charge in [0.1, 0.15) is 5.75 Å². The minimum Gasteiger partial charge on any atom is -0.496 e. The van der Waals surface area contributed by atoms with Crippen molar-refractivity contribution in [1.29, 1.82) is 0 Å². The van der Waals surface area contributed by atoms with Gasteiger partial charge >= 0.3 is 5.63 Å². The Bertz CT molecular complexity index is 915. The van der Waals surface area contributed by atoms with Crippen molar-refractivity contribution in [1.82, 2.24) is 4.98 Å². The molecule has 0 N–H and O–H groups in total. The zero-order valence-electron chi connectivity index (χ0n) is 11.7. The number of hydrogen-bond donors (Lipinski definition) is 0. The molecule has 1 aromatic heterocycles. The van der Waals surface area contributed by atoms with Crippen LogP contribution >= 0.6 is 15.9 Å². The number of methoxy groups -OCH3 is 1. The van der Waals surface area contributed by atoms with E-state index < -0.39 is 5.63 Å². The highest BCUT2D eigenvalue weighted by molar-refractivity contribution is 9.10. The first-order chi connectivity index (χ1) is 10.7. The lowest BCUT2D eigenvalue weighted by atomic mass is 10.2. The summed E-state index contributed by atoms with van der Waals surface area (Å²) in [6, 6.07) is 12.7. The van der Waals surface area contributed by atoms with Gasteiger partial charge in [-0.05, 0) is 36.4 Å². The summed E-state index contributed by atoms with van der Waals surface area (Å²) >= 11 is 3.42. The van der Waals surface area contributed by atoms with Crippen LogP contribution in [0.5, 0.6) is 5.75 Å². The molecule has 0 radical (unpaired) electrons. The molecule has 3 rings (SSSR count). The molecule has 0 unspecified atom stereocenters. The fourth-order valence-electron chi connectivity index (χ4n) is 2.10. The van der Waals surface area contributed by atoms with Crippen molar-refractivity contribution in [2.75, 3.05) is 7.11 Å². The Morgan fingerprint density at radius 1 is 1.18 bits per heavy atom. The summed E-state index contributed by atoms with van der Waals surface area (Å²) in [5, 5.41) is 0.472. The lowest BCUT2D eigenvalue weighted by Crippen LogP contribution is -2.02. The number of para-hydroxylation sites is 1. The quantitative estimate of drug-likeness (QED) is 0.707. The Labute approximate surface area is 135 Å². The van der Waals surface area contributed by atoms with Crippen LogP contribution in [0.2, 0.25) is 0 Å². The number of ether oxygens (including phenoxy) is 1. The minimum atomic E-state index is -0.397. The van der Waals surface area contributed by atoms with Crippen LogP contribution in [-0.2, 0) is 0 Å². The summed E-state index contributed by atoms with van der Waals surface area (Å²) in [5.74, 6) is 0.980. The van der Waals surface area contributed by atoms with Crippen LogP contribution in [0, 0.1) is 0 Å². The number of aromatic nitrogens is 1. The molecule has 0 saturated carbocycles. The Balaban J connectivity index is 2.03. The molecule has 0 spiro atoms. The zero-order chi connectivity index (χ0) is 15.5. The van der Waals surface area contributed by atoms with Gasteiger partial charge in [-0.15, -0.1) is 0 Å². The maximum Gasteiger partial charge on any atom is 0.347 e. The Hall–Kier alpha value is -2.40. The summed E-state index contributed by atoms with van der Waals surface area (Å²) in [5.41, 5.74) is 1.07. The highest BCUT2D eigenvalue weighted by Crippen LogP contribution is 2.24. The van der Waals surface area contributed by atoms with Crippen LogP contribution in [0.1, 0.15) is 11.5 Å². The van der Waals surface area contributed by atoms with Crippen LogP contribution in [0.15, 0.2) is 56.1 Å². The third-order valence-electron chi connectivity index (χ3n) is 3.15. The first-order valence-corrected chi connectivity index (χ1v) is 7.38. The summed E-state index contributed by atoms with van der Waals surface area (Å²) < 4.78 is 11.4. The molecule has 3 aromatic rings. The van der Waals surface area contributed by atoms with Crippen LogP contribution < -0.4 is 10.4 Å². The number of nitrogens with zero attached hydrogens (tertiary/aromatic N) is 1. The van der Waals surface area contributed by atoms with Crippen molar-refractivity contribution in [3.05, 3.63) is 68.8 Å². The predicted octanol–water partition coefficient (Wildman–Crippen LogP) is 4.13. The SMILES string of the molecule is COc1ccc(Br)cc1/C=C\c1nc2ccccc2c(=O)o1. The third-order valence-corrected chi connectivity index (χ3v) is 3.64. The molecule has 4 nitrogen and oxygen atoms in total. The van der Waals surface area contributed by atoms with Crippen LogP contribution in [-0.4, -0.2) is 12.1 Å². The van der Waals surface area contributed by atoms with E-state index in [-0.39, 0.29) is 5.89 Å². The minimum absolute atomic E-state index is 0.255. The van der Waals surface area contributed by atoms with E-state index in [0.29, 0.717) is 10.9 Å². The van der Waals surface area contributed by atoms with E-state index in [4.69, 9.17) is 9.15 Å². The lowest BCUT2D eigenvalue weighted by Gasteiger charge is -2.04. The molecule has 0 aliphatic heterocycles. The number of fused-ring (bicyclic) bond motifs is 1. The molecule has 110 valence electrons. The van der Waals surface area contributed by atoms with Gasteiger partial charge in [-0.25, -0.2) is 9.78 Å². The molecular weight excluding hydrogens is 346 g/mol. The van der Waals surface area contributed by atoms with Gasteiger partial charge in [-0.1, -0.05) is 28.1 Å². The molecule has 0 bridgehead atoms. The predicted molar refractivity (Wildman–Crippen MR) is 89.9 cm³/mol. The van der Waals surface area contributed by atoms with E-state index in [0.717, 1.165) is 15.8 Å². The number of rotatable bonds is 3. The van der Waals surface area contributed by atoms with E-state index in [1.807, 2.05) is 24.3 Å². The van der Waals surface area contributed by atoms with E-state index in [1.165, 1.54) is 0 Å². The van der Waals surface area contributed by atoms with Crippen molar-refractivity contribution in [3.63, 3.8) is 0 Å². The van der Waals surface area contributed by atoms with Gasteiger partial charge in [0, 0.05) is 16.1 Å². The molecule has 0 amide bonds. The summed E-state index contributed by atoms with van der Waals surface area (Å²) in [4.78, 5) is 16.2. The number of benzene rings is 2. The fourth-order valence-corrected chi connectivity index (χ4v) is 2.48. The van der Waals surface area contributed by atoms with Gasteiger partial charge in [0.05, 0.1) is 18.0 Å². The van der Waals surface area contributed by atoms with E-state index in [9.17, 15) is 4.79 Å². The van der Waals surface area contributed by atoms with Crippen LogP contribution in [0.4, 0.5) is 0 Å². The van der Waals surface area contributed by atoms with Crippen molar-refractivity contribution in [2.45, 2.75) is 0 Å². The van der Waals surface area contributed by atoms with Gasteiger partial charge < -0.3 is 9.15 Å². The molecule has 0 saturated heterocycles. The second-order valence-electron chi connectivity index (χ2n) is 4.58. The molecule has 0 aliphatic rings. The van der Waals surface area contributed by atoms with E-state index in [2.05, 4.69) is 20.9 Å². The van der Waals surface area contributed by atoms with Crippen molar-refractivity contribution >= 4 is 39.0 Å². The highest BCUT2D eigenvalue weighted by Gasteiger charge is 2.04. The first-order valence-electron chi connectivity index (χ1n) is 6.59. The molecule has 0 aliphatic carbocycles. The number of halogens is 1. The van der Waals surface area contributed by atoms with Gasteiger partial charge in [0.15, 0.2) is 0 Å². The topological polar surface area (TPSA) is 52.3 Å². The highest BCUT2D eigenvalue weighted by atomic mass is 79.9. The van der Waals surface area contributed by atoms with Crippen molar-refractivity contribution < 1.29 is 9.15 Å². The third kappa shape index (κ3) is 2.94. The van der Waals surface area contributed by atoms with E-state index in [1.54, 1.807) is 37.5 Å². The van der Waals surface area contributed by atoms with Crippen LogP contribution in [0.3, 0.4) is 0 Å². The second kappa shape index (κ2) is 6.15. The summed E-state index contributed by atoms with van der Waals surface area (Å²) in [6.45, 7) is 0.